The van der Waals surface area contributed by atoms with Crippen LogP contribution in [0.1, 0.15) is 12.5 Å². The van der Waals surface area contributed by atoms with Crippen molar-refractivity contribution < 1.29 is 4.79 Å². The van der Waals surface area contributed by atoms with Crippen molar-refractivity contribution in [3.8, 4) is 0 Å². The molecule has 144 valence electrons. The fourth-order valence-corrected chi connectivity index (χ4v) is 3.75. The molecule has 0 aliphatic carbocycles. The lowest BCUT2D eigenvalue weighted by molar-refractivity contribution is -0.113. The van der Waals surface area contributed by atoms with Crippen LogP contribution in [0.25, 0.3) is 0 Å². The largest absolute Gasteiger partial charge is 0.354 e. The number of aryl methyl sites for hydroxylation is 1. The summed E-state index contributed by atoms with van der Waals surface area (Å²) < 4.78 is 0. The van der Waals surface area contributed by atoms with Gasteiger partial charge in [-0.2, -0.15) is 0 Å². The molecule has 1 saturated heterocycles. The summed E-state index contributed by atoms with van der Waals surface area (Å²) in [5.41, 5.74) is 1.94. The Kier molecular flexibility index (Phi) is 6.93. The molecular formula is C19H24ClN5OS. The van der Waals surface area contributed by atoms with Gasteiger partial charge < -0.3 is 15.1 Å². The van der Waals surface area contributed by atoms with E-state index in [-0.39, 0.29) is 11.7 Å². The molecule has 0 atom stereocenters. The fourth-order valence-electron chi connectivity index (χ4n) is 2.87. The molecule has 8 heteroatoms. The number of likely N-dealkylation sites (N-methyl/N-ethyl adjacent to an activating group) is 1. The first-order chi connectivity index (χ1) is 13.0. The van der Waals surface area contributed by atoms with Crippen molar-refractivity contribution in [3.05, 3.63) is 41.0 Å². The molecular weight excluding hydrogens is 382 g/mol. The van der Waals surface area contributed by atoms with Gasteiger partial charge in [-0.1, -0.05) is 48.0 Å². The molecule has 0 unspecified atom stereocenters. The number of hydrogen-bond donors (Lipinski definition) is 1. The molecule has 2 aromatic rings. The van der Waals surface area contributed by atoms with E-state index in [9.17, 15) is 4.79 Å². The van der Waals surface area contributed by atoms with Crippen molar-refractivity contribution in [2.24, 2.45) is 0 Å². The number of aromatic nitrogens is 2. The lowest BCUT2D eigenvalue weighted by atomic mass is 10.2. The SMILES string of the molecule is CCN1CCN(c2cc(Cl)nc(SCC(=O)Nc3ccc(C)cc3)n2)CC1. The molecule has 1 aliphatic heterocycles. The van der Waals surface area contributed by atoms with Gasteiger partial charge in [-0.25, -0.2) is 9.97 Å². The Hall–Kier alpha value is -1.83. The molecule has 0 spiro atoms. The third-order valence-corrected chi connectivity index (χ3v) is 5.51. The average Bonchev–Trinajstić information content (AvgIpc) is 2.68. The molecule has 1 N–H and O–H groups in total. The number of hydrogen-bond acceptors (Lipinski definition) is 6. The molecule has 2 heterocycles. The van der Waals surface area contributed by atoms with E-state index in [2.05, 4.69) is 32.0 Å². The standard InChI is InChI=1S/C19H24ClN5OS/c1-3-24-8-10-25(11-9-24)17-12-16(20)22-19(23-17)27-13-18(26)21-15-6-4-14(2)5-7-15/h4-7,12H,3,8-11,13H2,1-2H3,(H,21,26). The van der Waals surface area contributed by atoms with Crippen LogP contribution in [0.2, 0.25) is 5.15 Å². The number of thioether (sulfide) groups is 1. The quantitative estimate of drug-likeness (QED) is 0.452. The Morgan fingerprint density at radius 1 is 1.19 bits per heavy atom. The molecule has 1 aromatic carbocycles. The van der Waals surface area contributed by atoms with Crippen LogP contribution in [0.3, 0.4) is 0 Å². The summed E-state index contributed by atoms with van der Waals surface area (Å²) in [5, 5.41) is 3.80. The van der Waals surface area contributed by atoms with Gasteiger partial charge >= 0.3 is 0 Å². The van der Waals surface area contributed by atoms with Crippen molar-refractivity contribution in [1.29, 1.82) is 0 Å². The average molecular weight is 406 g/mol. The summed E-state index contributed by atoms with van der Waals surface area (Å²) in [6.45, 7) is 9.11. The van der Waals surface area contributed by atoms with Crippen LogP contribution in [0, 0.1) is 6.92 Å². The molecule has 0 radical (unpaired) electrons. The molecule has 0 saturated carbocycles. The number of amides is 1. The van der Waals surface area contributed by atoms with Gasteiger partial charge in [-0.3, -0.25) is 4.79 Å². The smallest absolute Gasteiger partial charge is 0.234 e. The topological polar surface area (TPSA) is 61.4 Å². The predicted octanol–water partition coefficient (Wildman–Crippen LogP) is 3.31. The first-order valence-electron chi connectivity index (χ1n) is 9.04. The highest BCUT2D eigenvalue weighted by molar-refractivity contribution is 7.99. The zero-order valence-corrected chi connectivity index (χ0v) is 17.2. The minimum Gasteiger partial charge on any atom is -0.354 e. The van der Waals surface area contributed by atoms with Gasteiger partial charge in [0.15, 0.2) is 5.16 Å². The summed E-state index contributed by atoms with van der Waals surface area (Å²) in [5.74, 6) is 0.967. The molecule has 1 aliphatic rings. The molecule has 1 fully saturated rings. The van der Waals surface area contributed by atoms with Crippen LogP contribution in [0.4, 0.5) is 11.5 Å². The Labute approximate surface area is 169 Å². The minimum absolute atomic E-state index is 0.0921. The number of benzene rings is 1. The van der Waals surface area contributed by atoms with Crippen molar-refractivity contribution in [1.82, 2.24) is 14.9 Å². The van der Waals surface area contributed by atoms with Gasteiger partial charge in [-0.15, -0.1) is 0 Å². The van der Waals surface area contributed by atoms with Gasteiger partial charge in [0.05, 0.1) is 5.75 Å². The van der Waals surface area contributed by atoms with Gasteiger partial charge in [0.25, 0.3) is 0 Å². The Balaban J connectivity index is 1.57. The normalized spacial score (nSPS) is 15.0. The number of anilines is 2. The number of halogens is 1. The monoisotopic (exact) mass is 405 g/mol. The van der Waals surface area contributed by atoms with Crippen molar-refractivity contribution in [2.45, 2.75) is 19.0 Å². The van der Waals surface area contributed by atoms with Crippen LogP contribution in [0.5, 0.6) is 0 Å². The van der Waals surface area contributed by atoms with E-state index in [1.54, 1.807) is 6.07 Å². The van der Waals surface area contributed by atoms with E-state index < -0.39 is 0 Å². The second kappa shape index (κ2) is 9.39. The second-order valence-electron chi connectivity index (χ2n) is 6.46. The van der Waals surface area contributed by atoms with Crippen LogP contribution < -0.4 is 10.2 Å². The number of rotatable bonds is 6. The number of carbonyl (C=O) groups excluding carboxylic acids is 1. The molecule has 27 heavy (non-hydrogen) atoms. The Bertz CT molecular complexity index is 778. The third-order valence-electron chi connectivity index (χ3n) is 4.47. The van der Waals surface area contributed by atoms with E-state index in [4.69, 9.17) is 11.6 Å². The lowest BCUT2D eigenvalue weighted by Gasteiger charge is -2.34. The van der Waals surface area contributed by atoms with E-state index in [0.717, 1.165) is 49.8 Å². The third kappa shape index (κ3) is 5.82. The Morgan fingerprint density at radius 3 is 2.56 bits per heavy atom. The zero-order chi connectivity index (χ0) is 19.2. The van der Waals surface area contributed by atoms with E-state index in [1.165, 1.54) is 11.8 Å². The van der Waals surface area contributed by atoms with Crippen molar-refractivity contribution >= 4 is 40.8 Å². The van der Waals surface area contributed by atoms with Gasteiger partial charge in [0, 0.05) is 37.9 Å². The van der Waals surface area contributed by atoms with E-state index in [0.29, 0.717) is 10.3 Å². The first kappa shape index (κ1) is 19.9. The van der Waals surface area contributed by atoms with Crippen LogP contribution >= 0.6 is 23.4 Å². The molecule has 1 aromatic heterocycles. The highest BCUT2D eigenvalue weighted by atomic mass is 35.5. The maximum absolute atomic E-state index is 12.2. The maximum atomic E-state index is 12.2. The molecule has 6 nitrogen and oxygen atoms in total. The second-order valence-corrected chi connectivity index (χ2v) is 7.79. The Morgan fingerprint density at radius 2 is 1.89 bits per heavy atom. The molecule has 3 rings (SSSR count). The predicted molar refractivity (Wildman–Crippen MR) is 112 cm³/mol. The fraction of sp³-hybridized carbons (Fsp3) is 0.421. The number of nitrogens with one attached hydrogen (secondary N) is 1. The summed E-state index contributed by atoms with van der Waals surface area (Å²) >= 11 is 7.48. The van der Waals surface area contributed by atoms with Gasteiger partial charge in [-0.05, 0) is 25.6 Å². The van der Waals surface area contributed by atoms with Crippen molar-refractivity contribution in [3.63, 3.8) is 0 Å². The molecule has 1 amide bonds. The van der Waals surface area contributed by atoms with E-state index in [1.807, 2.05) is 31.2 Å². The highest BCUT2D eigenvalue weighted by Crippen LogP contribution is 2.23. The highest BCUT2D eigenvalue weighted by Gasteiger charge is 2.18. The van der Waals surface area contributed by atoms with Crippen molar-refractivity contribution in [2.75, 3.05) is 48.7 Å². The van der Waals surface area contributed by atoms with Crippen LogP contribution in [0.15, 0.2) is 35.5 Å². The van der Waals surface area contributed by atoms with Crippen LogP contribution in [-0.2, 0) is 4.79 Å². The minimum atomic E-state index is -0.0921. The maximum Gasteiger partial charge on any atom is 0.234 e. The zero-order valence-electron chi connectivity index (χ0n) is 15.6. The number of carbonyl (C=O) groups is 1. The summed E-state index contributed by atoms with van der Waals surface area (Å²) in [6.07, 6.45) is 0. The number of piperazine rings is 1. The summed E-state index contributed by atoms with van der Waals surface area (Å²) in [4.78, 5) is 25.6. The summed E-state index contributed by atoms with van der Waals surface area (Å²) in [7, 11) is 0. The summed E-state index contributed by atoms with van der Waals surface area (Å²) in [6, 6.07) is 9.50. The number of nitrogens with zero attached hydrogens (tertiary/aromatic N) is 4. The molecule has 0 bridgehead atoms. The lowest BCUT2D eigenvalue weighted by Crippen LogP contribution is -2.46. The van der Waals surface area contributed by atoms with Crippen LogP contribution in [-0.4, -0.2) is 59.3 Å². The van der Waals surface area contributed by atoms with Gasteiger partial charge in [0.1, 0.15) is 11.0 Å². The van der Waals surface area contributed by atoms with Gasteiger partial charge in [0.2, 0.25) is 5.91 Å². The van der Waals surface area contributed by atoms with E-state index >= 15 is 0 Å². The first-order valence-corrected chi connectivity index (χ1v) is 10.4.